The van der Waals surface area contributed by atoms with Crippen molar-refractivity contribution in [1.29, 1.82) is 0 Å². The highest BCUT2D eigenvalue weighted by molar-refractivity contribution is 7.17. The number of methoxy groups -OCH3 is 1. The number of carbonyl (C=O) groups excluding carboxylic acids is 2. The largest absolute Gasteiger partial charge is 0.494 e. The van der Waals surface area contributed by atoms with E-state index in [-0.39, 0.29) is 23.8 Å². The van der Waals surface area contributed by atoms with E-state index in [0.717, 1.165) is 16.3 Å². The standard InChI is InChI=1S/C20H19FN2O4S/c1-20(2,11-27-19(25)12-4-5-14(21)16(8-12)26-3)23-18(24)13-9-17-15(22-10-13)6-7-28-17/h4-10H,11H2,1-3H3,(H,23,24). The molecule has 146 valence electrons. The first-order valence-electron chi connectivity index (χ1n) is 8.45. The zero-order valence-corrected chi connectivity index (χ0v) is 16.4. The second-order valence-electron chi connectivity index (χ2n) is 6.79. The molecule has 0 radical (unpaired) electrons. The lowest BCUT2D eigenvalue weighted by molar-refractivity contribution is 0.0389. The molecule has 0 aliphatic rings. The van der Waals surface area contributed by atoms with Crippen molar-refractivity contribution in [2.24, 2.45) is 0 Å². The molecule has 1 aromatic carbocycles. The molecule has 8 heteroatoms. The highest BCUT2D eigenvalue weighted by Gasteiger charge is 2.24. The van der Waals surface area contributed by atoms with Gasteiger partial charge in [0.2, 0.25) is 0 Å². The molecule has 6 nitrogen and oxygen atoms in total. The summed E-state index contributed by atoms with van der Waals surface area (Å²) >= 11 is 1.50. The molecule has 2 heterocycles. The van der Waals surface area contributed by atoms with Gasteiger partial charge in [0.1, 0.15) is 6.61 Å². The quantitative estimate of drug-likeness (QED) is 0.635. The molecule has 0 spiro atoms. The number of nitrogens with one attached hydrogen (secondary N) is 1. The van der Waals surface area contributed by atoms with Crippen LogP contribution in [-0.4, -0.2) is 36.1 Å². The van der Waals surface area contributed by atoms with Crippen molar-refractivity contribution in [3.8, 4) is 5.75 Å². The van der Waals surface area contributed by atoms with Crippen molar-refractivity contribution in [3.63, 3.8) is 0 Å². The molecular formula is C20H19FN2O4S. The summed E-state index contributed by atoms with van der Waals surface area (Å²) in [6.45, 7) is 3.41. The number of pyridine rings is 1. The smallest absolute Gasteiger partial charge is 0.338 e. The number of hydrogen-bond donors (Lipinski definition) is 1. The van der Waals surface area contributed by atoms with Gasteiger partial charge in [-0.1, -0.05) is 0 Å². The Kier molecular flexibility index (Phi) is 5.60. The number of aromatic nitrogens is 1. The summed E-state index contributed by atoms with van der Waals surface area (Å²) < 4.78 is 24.5. The highest BCUT2D eigenvalue weighted by Crippen LogP contribution is 2.21. The van der Waals surface area contributed by atoms with E-state index in [1.54, 1.807) is 19.9 Å². The third-order valence-electron chi connectivity index (χ3n) is 3.97. The summed E-state index contributed by atoms with van der Waals surface area (Å²) in [6.07, 6.45) is 1.51. The van der Waals surface area contributed by atoms with Crippen LogP contribution >= 0.6 is 11.3 Å². The first kappa shape index (κ1) is 19.8. The van der Waals surface area contributed by atoms with Crippen LogP contribution in [0.4, 0.5) is 4.39 Å². The minimum absolute atomic E-state index is 0.0431. The van der Waals surface area contributed by atoms with Gasteiger partial charge >= 0.3 is 5.97 Å². The van der Waals surface area contributed by atoms with Gasteiger partial charge in [0.05, 0.1) is 34.0 Å². The van der Waals surface area contributed by atoms with E-state index in [1.165, 1.54) is 36.8 Å². The van der Waals surface area contributed by atoms with Crippen molar-refractivity contribution in [1.82, 2.24) is 10.3 Å². The van der Waals surface area contributed by atoms with Crippen LogP contribution in [0.5, 0.6) is 5.75 Å². The van der Waals surface area contributed by atoms with Crippen molar-refractivity contribution < 1.29 is 23.5 Å². The molecule has 0 atom stereocenters. The summed E-state index contributed by atoms with van der Waals surface area (Å²) in [5.74, 6) is -1.56. The molecule has 0 fully saturated rings. The number of hydrogen-bond acceptors (Lipinski definition) is 6. The van der Waals surface area contributed by atoms with Gasteiger partial charge in [-0.25, -0.2) is 9.18 Å². The Morgan fingerprint density at radius 3 is 2.75 bits per heavy atom. The second-order valence-corrected chi connectivity index (χ2v) is 7.74. The van der Waals surface area contributed by atoms with Crippen LogP contribution < -0.4 is 10.1 Å². The minimum Gasteiger partial charge on any atom is -0.494 e. The molecule has 0 unspecified atom stereocenters. The van der Waals surface area contributed by atoms with Gasteiger partial charge in [0.25, 0.3) is 5.91 Å². The Balaban J connectivity index is 1.62. The summed E-state index contributed by atoms with van der Waals surface area (Å²) in [6, 6.07) is 7.37. The predicted octanol–water partition coefficient (Wildman–Crippen LogP) is 3.81. The van der Waals surface area contributed by atoms with Crippen molar-refractivity contribution in [2.45, 2.75) is 19.4 Å². The zero-order chi connectivity index (χ0) is 20.3. The van der Waals surface area contributed by atoms with Crippen LogP contribution in [0.25, 0.3) is 10.2 Å². The minimum atomic E-state index is -0.818. The average Bonchev–Trinajstić information content (AvgIpc) is 3.14. The van der Waals surface area contributed by atoms with Crippen molar-refractivity contribution in [3.05, 3.63) is 58.9 Å². The highest BCUT2D eigenvalue weighted by atomic mass is 32.1. The van der Waals surface area contributed by atoms with Crippen LogP contribution in [0.15, 0.2) is 41.9 Å². The number of nitrogens with zero attached hydrogens (tertiary/aromatic N) is 1. The van der Waals surface area contributed by atoms with E-state index in [9.17, 15) is 14.0 Å². The van der Waals surface area contributed by atoms with Gasteiger partial charge < -0.3 is 14.8 Å². The SMILES string of the molecule is COc1cc(C(=O)OCC(C)(C)NC(=O)c2cnc3ccsc3c2)ccc1F. The third kappa shape index (κ3) is 4.45. The maximum absolute atomic E-state index is 13.5. The fraction of sp³-hybridized carbons (Fsp3) is 0.250. The fourth-order valence-corrected chi connectivity index (χ4v) is 3.28. The molecule has 3 rings (SSSR count). The molecule has 0 bridgehead atoms. The number of fused-ring (bicyclic) bond motifs is 1. The molecule has 1 amide bonds. The van der Waals surface area contributed by atoms with E-state index >= 15 is 0 Å². The van der Waals surface area contributed by atoms with E-state index in [2.05, 4.69) is 10.3 Å². The van der Waals surface area contributed by atoms with Crippen LogP contribution in [0, 0.1) is 5.82 Å². The lowest BCUT2D eigenvalue weighted by Crippen LogP contribution is -2.47. The summed E-state index contributed by atoms with van der Waals surface area (Å²) in [4.78, 5) is 29.0. The lowest BCUT2D eigenvalue weighted by Gasteiger charge is -2.25. The molecule has 3 aromatic rings. The molecule has 0 aliphatic heterocycles. The Labute approximate surface area is 165 Å². The van der Waals surface area contributed by atoms with Gasteiger partial charge in [0.15, 0.2) is 11.6 Å². The Hall–Kier alpha value is -3.00. The van der Waals surface area contributed by atoms with Crippen molar-refractivity contribution >= 4 is 33.4 Å². The van der Waals surface area contributed by atoms with Gasteiger partial charge in [-0.05, 0) is 49.6 Å². The van der Waals surface area contributed by atoms with Gasteiger partial charge in [-0.15, -0.1) is 11.3 Å². The van der Waals surface area contributed by atoms with E-state index in [4.69, 9.17) is 9.47 Å². The van der Waals surface area contributed by atoms with Gasteiger partial charge in [0, 0.05) is 6.20 Å². The molecule has 0 saturated carbocycles. The summed E-state index contributed by atoms with van der Waals surface area (Å²) in [7, 11) is 1.31. The number of benzene rings is 1. The van der Waals surface area contributed by atoms with E-state index in [1.807, 2.05) is 11.4 Å². The molecule has 1 N–H and O–H groups in total. The number of thiophene rings is 1. The van der Waals surface area contributed by atoms with Gasteiger partial charge in [-0.3, -0.25) is 9.78 Å². The van der Waals surface area contributed by atoms with Crippen LogP contribution in [-0.2, 0) is 4.74 Å². The average molecular weight is 402 g/mol. The van der Waals surface area contributed by atoms with Crippen LogP contribution in [0.3, 0.4) is 0 Å². The molecular weight excluding hydrogens is 383 g/mol. The van der Waals surface area contributed by atoms with Gasteiger partial charge in [-0.2, -0.15) is 0 Å². The normalized spacial score (nSPS) is 11.3. The van der Waals surface area contributed by atoms with Crippen LogP contribution in [0.2, 0.25) is 0 Å². The Morgan fingerprint density at radius 1 is 1.21 bits per heavy atom. The molecule has 2 aromatic heterocycles. The first-order valence-corrected chi connectivity index (χ1v) is 9.33. The van der Waals surface area contributed by atoms with E-state index < -0.39 is 17.3 Å². The maximum atomic E-state index is 13.5. The van der Waals surface area contributed by atoms with Crippen LogP contribution in [0.1, 0.15) is 34.6 Å². The number of rotatable bonds is 6. The molecule has 0 aliphatic carbocycles. The topological polar surface area (TPSA) is 77.5 Å². The number of esters is 1. The summed E-state index contributed by atoms with van der Waals surface area (Å²) in [5.41, 5.74) is 0.608. The first-order chi connectivity index (χ1) is 13.3. The zero-order valence-electron chi connectivity index (χ0n) is 15.6. The summed E-state index contributed by atoms with van der Waals surface area (Å²) in [5, 5.41) is 4.74. The third-order valence-corrected chi connectivity index (χ3v) is 4.82. The predicted molar refractivity (Wildman–Crippen MR) is 104 cm³/mol. The second kappa shape index (κ2) is 7.93. The van der Waals surface area contributed by atoms with Crippen molar-refractivity contribution in [2.75, 3.05) is 13.7 Å². The number of amides is 1. The number of halogens is 1. The fourth-order valence-electron chi connectivity index (χ4n) is 2.50. The van der Waals surface area contributed by atoms with E-state index in [0.29, 0.717) is 5.56 Å². The number of ether oxygens (including phenoxy) is 2. The number of carbonyl (C=O) groups is 2. The monoisotopic (exact) mass is 402 g/mol. The molecule has 0 saturated heterocycles. The maximum Gasteiger partial charge on any atom is 0.338 e. The lowest BCUT2D eigenvalue weighted by atomic mass is 10.1. The Morgan fingerprint density at radius 2 is 2.00 bits per heavy atom. The molecule has 28 heavy (non-hydrogen) atoms. The Bertz CT molecular complexity index is 1030.